The maximum Gasteiger partial charge on any atom is 0.256 e. The van der Waals surface area contributed by atoms with Gasteiger partial charge in [0.05, 0.1) is 17.2 Å². The van der Waals surface area contributed by atoms with E-state index in [4.69, 9.17) is 11.5 Å². The van der Waals surface area contributed by atoms with Crippen molar-refractivity contribution in [3.63, 3.8) is 0 Å². The van der Waals surface area contributed by atoms with E-state index >= 15 is 0 Å². The molecule has 0 spiro atoms. The van der Waals surface area contributed by atoms with Gasteiger partial charge in [-0.3, -0.25) is 4.79 Å². The number of nitrogens with one attached hydrogen (secondary N) is 1. The number of aromatic nitrogens is 1. The summed E-state index contributed by atoms with van der Waals surface area (Å²) in [6, 6.07) is 9.77. The van der Waals surface area contributed by atoms with Gasteiger partial charge >= 0.3 is 0 Å². The van der Waals surface area contributed by atoms with E-state index in [1.54, 1.807) is 6.92 Å². The smallest absolute Gasteiger partial charge is 0.256 e. The number of anilines is 1. The van der Waals surface area contributed by atoms with E-state index in [0.717, 1.165) is 23.9 Å². The van der Waals surface area contributed by atoms with Gasteiger partial charge < -0.3 is 21.7 Å². The van der Waals surface area contributed by atoms with E-state index in [0.29, 0.717) is 17.9 Å². The SMILES string of the molecule is CC(N)NC(=O)c1cc2ccccc2nc1N1CCC(N)C1. The molecule has 2 aromatic rings. The molecule has 3 rings (SSSR count). The van der Waals surface area contributed by atoms with E-state index in [2.05, 4.69) is 15.2 Å². The molecule has 1 aliphatic heterocycles. The van der Waals surface area contributed by atoms with Crippen LogP contribution in [0.3, 0.4) is 0 Å². The Morgan fingerprint density at radius 2 is 2.23 bits per heavy atom. The first-order valence-electron chi connectivity index (χ1n) is 7.51. The van der Waals surface area contributed by atoms with Gasteiger partial charge in [-0.15, -0.1) is 0 Å². The first-order valence-corrected chi connectivity index (χ1v) is 7.51. The molecule has 5 N–H and O–H groups in total. The van der Waals surface area contributed by atoms with Gasteiger partial charge in [0.1, 0.15) is 5.82 Å². The Morgan fingerprint density at radius 1 is 1.45 bits per heavy atom. The van der Waals surface area contributed by atoms with Crippen LogP contribution in [0.5, 0.6) is 0 Å². The van der Waals surface area contributed by atoms with Crippen LogP contribution in [-0.4, -0.2) is 36.2 Å². The largest absolute Gasteiger partial charge is 0.354 e. The molecule has 1 saturated heterocycles. The van der Waals surface area contributed by atoms with Crippen molar-refractivity contribution in [1.82, 2.24) is 10.3 Å². The molecular weight excluding hydrogens is 278 g/mol. The monoisotopic (exact) mass is 299 g/mol. The molecular formula is C16H21N5O. The first-order chi connectivity index (χ1) is 10.5. The second-order valence-electron chi connectivity index (χ2n) is 5.81. The molecule has 6 heteroatoms. The van der Waals surface area contributed by atoms with Crippen molar-refractivity contribution in [2.24, 2.45) is 11.5 Å². The normalized spacial score (nSPS) is 19.4. The maximum absolute atomic E-state index is 12.5. The van der Waals surface area contributed by atoms with Gasteiger partial charge in [0.15, 0.2) is 0 Å². The fourth-order valence-electron chi connectivity index (χ4n) is 2.78. The van der Waals surface area contributed by atoms with Gasteiger partial charge in [-0.2, -0.15) is 0 Å². The van der Waals surface area contributed by atoms with Crippen molar-refractivity contribution in [3.8, 4) is 0 Å². The Labute approximate surface area is 129 Å². The molecule has 1 amide bonds. The predicted octanol–water partition coefficient (Wildman–Crippen LogP) is 0.807. The van der Waals surface area contributed by atoms with Crippen molar-refractivity contribution in [3.05, 3.63) is 35.9 Å². The van der Waals surface area contributed by atoms with Crippen LogP contribution in [0.25, 0.3) is 10.9 Å². The number of hydrogen-bond acceptors (Lipinski definition) is 5. The third-order valence-electron chi connectivity index (χ3n) is 3.83. The minimum Gasteiger partial charge on any atom is -0.354 e. The Hall–Kier alpha value is -2.18. The van der Waals surface area contributed by atoms with Gasteiger partial charge in [0, 0.05) is 24.5 Å². The van der Waals surface area contributed by atoms with Crippen LogP contribution < -0.4 is 21.7 Å². The van der Waals surface area contributed by atoms with Gasteiger partial charge in [-0.1, -0.05) is 18.2 Å². The maximum atomic E-state index is 12.5. The standard InChI is InChI=1S/C16H21N5O/c1-10(17)19-16(22)13-8-11-4-2-3-5-14(11)20-15(13)21-7-6-12(18)9-21/h2-5,8,10,12H,6-7,9,17-18H2,1H3,(H,19,22). The summed E-state index contributed by atoms with van der Waals surface area (Å²) in [7, 11) is 0. The summed E-state index contributed by atoms with van der Waals surface area (Å²) in [4.78, 5) is 19.2. The van der Waals surface area contributed by atoms with E-state index in [9.17, 15) is 4.79 Å². The van der Waals surface area contributed by atoms with E-state index in [1.807, 2.05) is 30.3 Å². The zero-order valence-electron chi connectivity index (χ0n) is 12.6. The van der Waals surface area contributed by atoms with Gasteiger partial charge in [0.2, 0.25) is 0 Å². The molecule has 0 saturated carbocycles. The third-order valence-corrected chi connectivity index (χ3v) is 3.83. The van der Waals surface area contributed by atoms with Gasteiger partial charge in [-0.05, 0) is 25.5 Å². The zero-order chi connectivity index (χ0) is 15.7. The summed E-state index contributed by atoms with van der Waals surface area (Å²) in [6.45, 7) is 3.26. The van der Waals surface area contributed by atoms with Crippen molar-refractivity contribution < 1.29 is 4.79 Å². The highest BCUT2D eigenvalue weighted by Gasteiger charge is 2.25. The number of carbonyl (C=O) groups excluding carboxylic acids is 1. The number of nitrogens with two attached hydrogens (primary N) is 2. The Bertz CT molecular complexity index is 700. The molecule has 116 valence electrons. The quantitative estimate of drug-likeness (QED) is 0.729. The lowest BCUT2D eigenvalue weighted by atomic mass is 10.1. The summed E-state index contributed by atoms with van der Waals surface area (Å²) in [6.07, 6.45) is 0.496. The Balaban J connectivity index is 2.08. The molecule has 2 heterocycles. The predicted molar refractivity (Wildman–Crippen MR) is 87.7 cm³/mol. The number of hydrogen-bond donors (Lipinski definition) is 3. The molecule has 1 aliphatic rings. The van der Waals surface area contributed by atoms with Crippen LogP contribution in [0.1, 0.15) is 23.7 Å². The summed E-state index contributed by atoms with van der Waals surface area (Å²) in [5.74, 6) is 0.480. The first kappa shape index (κ1) is 14.7. The number of benzene rings is 1. The van der Waals surface area contributed by atoms with Crippen LogP contribution in [0, 0.1) is 0 Å². The second kappa shape index (κ2) is 5.90. The molecule has 6 nitrogen and oxygen atoms in total. The molecule has 1 aromatic carbocycles. The highest BCUT2D eigenvalue weighted by molar-refractivity contribution is 6.02. The lowest BCUT2D eigenvalue weighted by Crippen LogP contribution is -2.40. The van der Waals surface area contributed by atoms with E-state index in [1.165, 1.54) is 0 Å². The van der Waals surface area contributed by atoms with Crippen molar-refractivity contribution in [2.75, 3.05) is 18.0 Å². The average Bonchev–Trinajstić information content (AvgIpc) is 2.91. The van der Waals surface area contributed by atoms with Gasteiger partial charge in [-0.25, -0.2) is 4.98 Å². The highest BCUT2D eigenvalue weighted by Crippen LogP contribution is 2.26. The fraction of sp³-hybridized carbons (Fsp3) is 0.375. The number of fused-ring (bicyclic) bond motifs is 1. The average molecular weight is 299 g/mol. The lowest BCUT2D eigenvalue weighted by molar-refractivity contribution is 0.0941. The molecule has 1 aromatic heterocycles. The number of rotatable bonds is 3. The molecule has 0 bridgehead atoms. The highest BCUT2D eigenvalue weighted by atomic mass is 16.1. The van der Waals surface area contributed by atoms with Crippen molar-refractivity contribution in [1.29, 1.82) is 0 Å². The number of carbonyl (C=O) groups is 1. The minimum atomic E-state index is -0.410. The van der Waals surface area contributed by atoms with Crippen LogP contribution in [-0.2, 0) is 0 Å². The number of pyridine rings is 1. The molecule has 0 radical (unpaired) electrons. The number of para-hydroxylation sites is 1. The fourth-order valence-corrected chi connectivity index (χ4v) is 2.78. The molecule has 22 heavy (non-hydrogen) atoms. The molecule has 2 unspecified atom stereocenters. The second-order valence-corrected chi connectivity index (χ2v) is 5.81. The summed E-state index contributed by atoms with van der Waals surface area (Å²) in [5.41, 5.74) is 13.1. The third kappa shape index (κ3) is 2.88. The molecule has 2 atom stereocenters. The summed E-state index contributed by atoms with van der Waals surface area (Å²) in [5, 5.41) is 3.67. The molecule has 0 aliphatic carbocycles. The van der Waals surface area contributed by atoms with E-state index < -0.39 is 6.17 Å². The lowest BCUT2D eigenvalue weighted by Gasteiger charge is -2.21. The van der Waals surface area contributed by atoms with Crippen LogP contribution in [0.15, 0.2) is 30.3 Å². The van der Waals surface area contributed by atoms with Crippen LogP contribution in [0.2, 0.25) is 0 Å². The number of amides is 1. The number of nitrogens with zero attached hydrogens (tertiary/aromatic N) is 2. The topological polar surface area (TPSA) is 97.3 Å². The van der Waals surface area contributed by atoms with Crippen molar-refractivity contribution in [2.45, 2.75) is 25.6 Å². The Kier molecular flexibility index (Phi) is 3.96. The minimum absolute atomic E-state index is 0.123. The van der Waals surface area contributed by atoms with Crippen LogP contribution in [0.4, 0.5) is 5.82 Å². The summed E-state index contributed by atoms with van der Waals surface area (Å²) < 4.78 is 0. The van der Waals surface area contributed by atoms with Crippen molar-refractivity contribution >= 4 is 22.6 Å². The summed E-state index contributed by atoms with van der Waals surface area (Å²) >= 11 is 0. The Morgan fingerprint density at radius 3 is 2.91 bits per heavy atom. The van der Waals surface area contributed by atoms with Crippen LogP contribution >= 0.6 is 0 Å². The zero-order valence-corrected chi connectivity index (χ0v) is 12.6. The molecule has 1 fully saturated rings. The van der Waals surface area contributed by atoms with E-state index in [-0.39, 0.29) is 11.9 Å². The van der Waals surface area contributed by atoms with Gasteiger partial charge in [0.25, 0.3) is 5.91 Å².